The molecule has 0 unspecified atom stereocenters. The summed E-state index contributed by atoms with van der Waals surface area (Å²) in [4.78, 5) is 7.26. The molecule has 0 aliphatic rings. The van der Waals surface area contributed by atoms with Crippen molar-refractivity contribution >= 4 is 5.95 Å². The molecule has 0 spiro atoms. The van der Waals surface area contributed by atoms with Gasteiger partial charge in [-0.1, -0.05) is 0 Å². The summed E-state index contributed by atoms with van der Waals surface area (Å²) in [5.74, 6) is 0.201. The molecule has 0 aromatic carbocycles. The first-order chi connectivity index (χ1) is 3.93. The van der Waals surface area contributed by atoms with Crippen molar-refractivity contribution in [1.82, 2.24) is 9.97 Å². The summed E-state index contributed by atoms with van der Waals surface area (Å²) in [7, 11) is 0. The van der Waals surface area contributed by atoms with Gasteiger partial charge in [0.05, 0.1) is 0 Å². The van der Waals surface area contributed by atoms with E-state index in [1.807, 2.05) is 0 Å². The van der Waals surface area contributed by atoms with Crippen molar-refractivity contribution in [2.24, 2.45) is 5.11 Å². The summed E-state index contributed by atoms with van der Waals surface area (Å²) in [6.45, 7) is 0. The van der Waals surface area contributed by atoms with Crippen molar-refractivity contribution in [3.8, 4) is 0 Å². The zero-order valence-corrected chi connectivity index (χ0v) is 4.07. The molecular formula is C4H4N4. The third-order valence-corrected chi connectivity index (χ3v) is 0.652. The highest BCUT2D eigenvalue weighted by molar-refractivity contribution is 5.08. The van der Waals surface area contributed by atoms with Crippen molar-refractivity contribution in [3.05, 3.63) is 18.5 Å². The van der Waals surface area contributed by atoms with Gasteiger partial charge in [0.1, 0.15) is 0 Å². The number of nitrogens with one attached hydrogen (secondary N) is 1. The van der Waals surface area contributed by atoms with Gasteiger partial charge in [0, 0.05) is 12.4 Å². The molecule has 40 valence electrons. The Morgan fingerprint density at radius 3 is 2.38 bits per heavy atom. The minimum Gasteiger partial charge on any atom is -0.218 e. The van der Waals surface area contributed by atoms with E-state index in [9.17, 15) is 0 Å². The Morgan fingerprint density at radius 2 is 2.00 bits per heavy atom. The van der Waals surface area contributed by atoms with E-state index in [2.05, 4.69) is 15.1 Å². The number of hydrogen-bond donors (Lipinski definition) is 1. The third-order valence-electron chi connectivity index (χ3n) is 0.652. The fourth-order valence-corrected chi connectivity index (χ4v) is 0.349. The van der Waals surface area contributed by atoms with Crippen LogP contribution < -0.4 is 0 Å². The van der Waals surface area contributed by atoms with Gasteiger partial charge in [-0.3, -0.25) is 0 Å². The van der Waals surface area contributed by atoms with Gasteiger partial charge in [0.25, 0.3) is 5.95 Å². The number of rotatable bonds is 1. The largest absolute Gasteiger partial charge is 0.268 e. The van der Waals surface area contributed by atoms with Crippen molar-refractivity contribution in [1.29, 1.82) is 5.53 Å². The lowest BCUT2D eigenvalue weighted by Crippen LogP contribution is -1.73. The topological polar surface area (TPSA) is 62.0 Å². The summed E-state index contributed by atoms with van der Waals surface area (Å²) >= 11 is 0. The van der Waals surface area contributed by atoms with Crippen LogP contribution in [0.4, 0.5) is 5.95 Å². The first kappa shape index (κ1) is 4.83. The van der Waals surface area contributed by atoms with Crippen molar-refractivity contribution < 1.29 is 0 Å². The first-order valence-corrected chi connectivity index (χ1v) is 2.08. The summed E-state index contributed by atoms with van der Waals surface area (Å²) in [5, 5.41) is 3.00. The highest BCUT2D eigenvalue weighted by Gasteiger charge is 1.82. The van der Waals surface area contributed by atoms with Crippen LogP contribution in [0.3, 0.4) is 0 Å². The van der Waals surface area contributed by atoms with E-state index >= 15 is 0 Å². The molecule has 0 atom stereocenters. The van der Waals surface area contributed by atoms with Crippen LogP contribution >= 0.6 is 0 Å². The highest BCUT2D eigenvalue weighted by atomic mass is 15.1. The lowest BCUT2D eigenvalue weighted by molar-refractivity contribution is 1.02. The standard InChI is InChI=1S/C4H4N4/c5-8-4-6-2-1-3-7-4/h1-3,5H. The maximum Gasteiger partial charge on any atom is 0.268 e. The van der Waals surface area contributed by atoms with Gasteiger partial charge in [0.15, 0.2) is 0 Å². The molecule has 0 bridgehead atoms. The van der Waals surface area contributed by atoms with Gasteiger partial charge >= 0.3 is 0 Å². The molecule has 0 saturated carbocycles. The van der Waals surface area contributed by atoms with Gasteiger partial charge in [-0.25, -0.2) is 15.5 Å². The summed E-state index contributed by atoms with van der Waals surface area (Å²) in [5.41, 5.74) is 6.44. The molecule has 1 aromatic heterocycles. The molecule has 0 aliphatic heterocycles. The van der Waals surface area contributed by atoms with Crippen LogP contribution in [0, 0.1) is 5.53 Å². The molecule has 1 rings (SSSR count). The predicted molar refractivity (Wildman–Crippen MR) is 26.8 cm³/mol. The Morgan fingerprint density at radius 1 is 1.38 bits per heavy atom. The van der Waals surface area contributed by atoms with E-state index in [0.717, 1.165) is 0 Å². The molecule has 0 radical (unpaired) electrons. The second-order valence-corrected chi connectivity index (χ2v) is 1.16. The maximum absolute atomic E-state index is 6.44. The maximum atomic E-state index is 6.44. The number of nitrogens with zero attached hydrogens (tertiary/aromatic N) is 3. The quantitative estimate of drug-likeness (QED) is 0.548. The van der Waals surface area contributed by atoms with Crippen molar-refractivity contribution in [2.75, 3.05) is 0 Å². The highest BCUT2D eigenvalue weighted by Crippen LogP contribution is 1.95. The van der Waals surface area contributed by atoms with E-state index < -0.39 is 0 Å². The van der Waals surface area contributed by atoms with Crippen molar-refractivity contribution in [3.63, 3.8) is 0 Å². The van der Waals surface area contributed by atoms with Crippen LogP contribution in [0.5, 0.6) is 0 Å². The Balaban J connectivity index is 2.99. The van der Waals surface area contributed by atoms with Crippen LogP contribution in [0.25, 0.3) is 0 Å². The molecule has 1 aromatic rings. The van der Waals surface area contributed by atoms with Gasteiger partial charge in [0.2, 0.25) is 0 Å². The van der Waals surface area contributed by atoms with E-state index in [1.54, 1.807) is 18.5 Å². The summed E-state index contributed by atoms with van der Waals surface area (Å²) < 4.78 is 0. The van der Waals surface area contributed by atoms with Crippen LogP contribution in [0.2, 0.25) is 0 Å². The van der Waals surface area contributed by atoms with E-state index in [0.29, 0.717) is 0 Å². The molecule has 4 nitrogen and oxygen atoms in total. The zero-order chi connectivity index (χ0) is 5.82. The Bertz CT molecular complexity index is 171. The normalized spacial score (nSPS) is 8.50. The van der Waals surface area contributed by atoms with Gasteiger partial charge in [-0.05, 0) is 6.07 Å². The molecule has 0 fully saturated rings. The molecule has 0 saturated heterocycles. The lowest BCUT2D eigenvalue weighted by Gasteiger charge is -1.81. The second kappa shape index (κ2) is 2.11. The summed E-state index contributed by atoms with van der Waals surface area (Å²) in [6.07, 6.45) is 3.08. The van der Waals surface area contributed by atoms with Gasteiger partial charge in [-0.15, -0.1) is 5.11 Å². The molecular weight excluding hydrogens is 104 g/mol. The first-order valence-electron chi connectivity index (χ1n) is 2.08. The fraction of sp³-hybridized carbons (Fsp3) is 0. The monoisotopic (exact) mass is 108 g/mol. The van der Waals surface area contributed by atoms with Crippen LogP contribution in [-0.4, -0.2) is 9.97 Å². The minimum atomic E-state index is 0.201. The molecule has 0 amide bonds. The fourth-order valence-electron chi connectivity index (χ4n) is 0.349. The Labute approximate surface area is 46.1 Å². The van der Waals surface area contributed by atoms with Gasteiger partial charge < -0.3 is 0 Å². The Hall–Kier alpha value is -1.32. The zero-order valence-electron chi connectivity index (χ0n) is 4.07. The Kier molecular flexibility index (Phi) is 1.27. The average Bonchev–Trinajstić information content (AvgIpc) is 1.90. The number of hydrogen-bond acceptors (Lipinski definition) is 4. The molecule has 4 heteroatoms. The molecule has 8 heavy (non-hydrogen) atoms. The third kappa shape index (κ3) is 0.841. The minimum absolute atomic E-state index is 0.201. The van der Waals surface area contributed by atoms with Crippen LogP contribution in [0.1, 0.15) is 0 Å². The lowest BCUT2D eigenvalue weighted by atomic mass is 10.7. The van der Waals surface area contributed by atoms with E-state index in [1.165, 1.54) is 0 Å². The van der Waals surface area contributed by atoms with E-state index in [-0.39, 0.29) is 5.95 Å². The smallest absolute Gasteiger partial charge is 0.218 e. The van der Waals surface area contributed by atoms with Crippen molar-refractivity contribution in [2.45, 2.75) is 0 Å². The molecule has 0 aliphatic carbocycles. The average molecular weight is 108 g/mol. The van der Waals surface area contributed by atoms with Crippen LogP contribution in [0.15, 0.2) is 23.6 Å². The van der Waals surface area contributed by atoms with Crippen LogP contribution in [-0.2, 0) is 0 Å². The predicted octanol–water partition coefficient (Wildman–Crippen LogP) is 1.14. The SMILES string of the molecule is N=Nc1ncccn1. The number of aromatic nitrogens is 2. The molecule has 1 N–H and O–H groups in total. The second-order valence-electron chi connectivity index (χ2n) is 1.16. The molecule has 1 heterocycles. The van der Waals surface area contributed by atoms with E-state index in [4.69, 9.17) is 5.53 Å². The van der Waals surface area contributed by atoms with Gasteiger partial charge in [-0.2, -0.15) is 0 Å². The summed E-state index contributed by atoms with van der Waals surface area (Å²) in [6, 6.07) is 1.68.